The van der Waals surface area contributed by atoms with Gasteiger partial charge < -0.3 is 15.0 Å². The third kappa shape index (κ3) is 4.11. The van der Waals surface area contributed by atoms with Gasteiger partial charge in [-0.15, -0.1) is 35.7 Å². The highest BCUT2D eigenvalue weighted by Gasteiger charge is 2.53. The van der Waals surface area contributed by atoms with Crippen molar-refractivity contribution in [2.75, 3.05) is 26.7 Å². The van der Waals surface area contributed by atoms with Crippen molar-refractivity contribution in [1.82, 2.24) is 10.2 Å². The number of ether oxygens (including phenoxy) is 1. The van der Waals surface area contributed by atoms with Crippen LogP contribution in [0.5, 0.6) is 0 Å². The number of aliphatic imine (C=N–C) groups is 1. The quantitative estimate of drug-likeness (QED) is 0.315. The first kappa shape index (κ1) is 19.3. The van der Waals surface area contributed by atoms with Gasteiger partial charge in [0.2, 0.25) is 0 Å². The van der Waals surface area contributed by atoms with Crippen molar-refractivity contribution in [3.8, 4) is 0 Å². The van der Waals surface area contributed by atoms with Crippen LogP contribution in [-0.2, 0) is 4.74 Å². The van der Waals surface area contributed by atoms with E-state index < -0.39 is 0 Å². The van der Waals surface area contributed by atoms with Crippen molar-refractivity contribution < 1.29 is 4.74 Å². The van der Waals surface area contributed by atoms with Gasteiger partial charge in [0.05, 0.1) is 12.2 Å². The van der Waals surface area contributed by atoms with E-state index in [9.17, 15) is 0 Å². The molecule has 1 aromatic rings. The van der Waals surface area contributed by atoms with Crippen LogP contribution in [0.1, 0.15) is 19.8 Å². The SMILES string of the molecule is CN=C(NCC(C)Sc1ccccc1)N1CC2C3CCC(O3)C2C1.I. The summed E-state index contributed by atoms with van der Waals surface area (Å²) in [5.41, 5.74) is 0. The standard InChI is InChI=1S/C19H27N3OS.HI/c1-13(24-14-6-4-3-5-7-14)10-21-19(20-2)22-11-15-16(12-22)18-9-8-17(15)23-18;/h3-7,13,15-18H,8-12H2,1-2H3,(H,20,21);1H. The van der Waals surface area contributed by atoms with E-state index in [0.29, 0.717) is 17.5 Å². The third-order valence-corrected chi connectivity index (χ3v) is 6.71. The summed E-state index contributed by atoms with van der Waals surface area (Å²) < 4.78 is 6.08. The second-order valence-corrected chi connectivity index (χ2v) is 8.70. The molecule has 1 N–H and O–H groups in total. The number of likely N-dealkylation sites (tertiary alicyclic amines) is 1. The smallest absolute Gasteiger partial charge is 0.193 e. The Hall–Kier alpha value is -0.470. The van der Waals surface area contributed by atoms with Crippen molar-refractivity contribution in [3.63, 3.8) is 0 Å². The van der Waals surface area contributed by atoms with E-state index in [1.165, 1.54) is 17.7 Å². The number of benzene rings is 1. The molecule has 5 atom stereocenters. The minimum absolute atomic E-state index is 0. The molecule has 0 spiro atoms. The van der Waals surface area contributed by atoms with E-state index in [2.05, 4.69) is 52.5 Å². The van der Waals surface area contributed by atoms with E-state index in [0.717, 1.165) is 37.4 Å². The van der Waals surface area contributed by atoms with Crippen molar-refractivity contribution >= 4 is 41.7 Å². The first-order valence-electron chi connectivity index (χ1n) is 9.07. The van der Waals surface area contributed by atoms with Gasteiger partial charge in [-0.25, -0.2) is 0 Å². The maximum Gasteiger partial charge on any atom is 0.193 e. The summed E-state index contributed by atoms with van der Waals surface area (Å²) in [6.45, 7) is 5.41. The molecule has 3 saturated heterocycles. The molecule has 0 saturated carbocycles. The van der Waals surface area contributed by atoms with E-state index in [1.807, 2.05) is 18.8 Å². The van der Waals surface area contributed by atoms with Crippen LogP contribution < -0.4 is 5.32 Å². The number of thioether (sulfide) groups is 1. The summed E-state index contributed by atoms with van der Waals surface area (Å²) in [5, 5.41) is 4.09. The zero-order valence-corrected chi connectivity index (χ0v) is 18.1. The lowest BCUT2D eigenvalue weighted by molar-refractivity contribution is 0.0767. The Morgan fingerprint density at radius 1 is 1.24 bits per heavy atom. The number of guanidine groups is 1. The highest BCUT2D eigenvalue weighted by atomic mass is 127. The lowest BCUT2D eigenvalue weighted by atomic mass is 9.82. The normalized spacial score (nSPS) is 31.6. The second kappa shape index (κ2) is 8.48. The van der Waals surface area contributed by atoms with Crippen LogP contribution in [0.3, 0.4) is 0 Å². The molecule has 0 aromatic heterocycles. The molecule has 0 amide bonds. The average Bonchev–Trinajstić information content (AvgIpc) is 3.29. The molecule has 0 radical (unpaired) electrons. The van der Waals surface area contributed by atoms with Crippen LogP contribution >= 0.6 is 35.7 Å². The molecule has 3 aliphatic heterocycles. The topological polar surface area (TPSA) is 36.9 Å². The fraction of sp³-hybridized carbons (Fsp3) is 0.632. The number of halogens is 1. The summed E-state index contributed by atoms with van der Waals surface area (Å²) >= 11 is 1.91. The Balaban J connectivity index is 0.00000182. The van der Waals surface area contributed by atoms with E-state index in [4.69, 9.17) is 4.74 Å². The molecule has 25 heavy (non-hydrogen) atoms. The highest BCUT2D eigenvalue weighted by Crippen LogP contribution is 2.47. The van der Waals surface area contributed by atoms with Crippen LogP contribution in [0.2, 0.25) is 0 Å². The molecule has 4 nitrogen and oxygen atoms in total. The number of hydrogen-bond acceptors (Lipinski definition) is 3. The van der Waals surface area contributed by atoms with Crippen LogP contribution in [0.25, 0.3) is 0 Å². The first-order chi connectivity index (χ1) is 11.7. The molecule has 1 aromatic carbocycles. The summed E-state index contributed by atoms with van der Waals surface area (Å²) in [6.07, 6.45) is 3.54. The zero-order valence-electron chi connectivity index (χ0n) is 14.9. The van der Waals surface area contributed by atoms with Gasteiger partial charge in [0.15, 0.2) is 5.96 Å². The van der Waals surface area contributed by atoms with Gasteiger partial charge in [0.25, 0.3) is 0 Å². The molecule has 3 heterocycles. The average molecular weight is 473 g/mol. The van der Waals surface area contributed by atoms with Crippen molar-refractivity contribution in [2.45, 2.75) is 42.1 Å². The largest absolute Gasteiger partial charge is 0.374 e. The molecule has 3 aliphatic rings. The van der Waals surface area contributed by atoms with Gasteiger partial charge in [0, 0.05) is 48.7 Å². The Kier molecular flexibility index (Phi) is 6.55. The molecule has 4 rings (SSSR count). The Morgan fingerprint density at radius 2 is 1.88 bits per heavy atom. The zero-order chi connectivity index (χ0) is 16.5. The van der Waals surface area contributed by atoms with Gasteiger partial charge in [-0.1, -0.05) is 25.1 Å². The summed E-state index contributed by atoms with van der Waals surface area (Å²) in [4.78, 5) is 8.30. The summed E-state index contributed by atoms with van der Waals surface area (Å²) in [6, 6.07) is 10.6. The number of nitrogens with one attached hydrogen (secondary N) is 1. The van der Waals surface area contributed by atoms with Gasteiger partial charge in [-0.3, -0.25) is 4.99 Å². The van der Waals surface area contributed by atoms with Gasteiger partial charge in [-0.2, -0.15) is 0 Å². The van der Waals surface area contributed by atoms with Gasteiger partial charge in [-0.05, 0) is 25.0 Å². The minimum Gasteiger partial charge on any atom is -0.374 e. The number of nitrogens with zero attached hydrogens (tertiary/aromatic N) is 2. The number of hydrogen-bond donors (Lipinski definition) is 1. The van der Waals surface area contributed by atoms with Crippen LogP contribution in [0.4, 0.5) is 0 Å². The Morgan fingerprint density at radius 3 is 2.48 bits per heavy atom. The molecule has 5 unspecified atom stereocenters. The Labute approximate surface area is 172 Å². The highest BCUT2D eigenvalue weighted by molar-refractivity contribution is 14.0. The monoisotopic (exact) mass is 473 g/mol. The molecular weight excluding hydrogens is 445 g/mol. The van der Waals surface area contributed by atoms with E-state index >= 15 is 0 Å². The Bertz CT molecular complexity index is 582. The van der Waals surface area contributed by atoms with E-state index in [1.54, 1.807) is 0 Å². The maximum absolute atomic E-state index is 6.08. The minimum atomic E-state index is 0. The fourth-order valence-corrected chi connectivity index (χ4v) is 5.42. The molecule has 138 valence electrons. The second-order valence-electron chi connectivity index (χ2n) is 7.19. The predicted molar refractivity (Wildman–Crippen MR) is 115 cm³/mol. The van der Waals surface area contributed by atoms with Crippen molar-refractivity contribution in [2.24, 2.45) is 16.8 Å². The van der Waals surface area contributed by atoms with Crippen LogP contribution in [-0.4, -0.2) is 55.0 Å². The molecule has 6 heteroatoms. The first-order valence-corrected chi connectivity index (χ1v) is 9.95. The number of fused-ring (bicyclic) bond motifs is 5. The summed E-state index contributed by atoms with van der Waals surface area (Å²) in [7, 11) is 1.90. The van der Waals surface area contributed by atoms with Crippen LogP contribution in [0, 0.1) is 11.8 Å². The van der Waals surface area contributed by atoms with Gasteiger partial charge in [0.1, 0.15) is 0 Å². The lowest BCUT2D eigenvalue weighted by Gasteiger charge is -2.24. The number of rotatable bonds is 4. The summed E-state index contributed by atoms with van der Waals surface area (Å²) in [5.74, 6) is 2.50. The van der Waals surface area contributed by atoms with Crippen molar-refractivity contribution in [3.05, 3.63) is 30.3 Å². The van der Waals surface area contributed by atoms with E-state index in [-0.39, 0.29) is 24.0 Å². The fourth-order valence-electron chi connectivity index (χ4n) is 4.47. The molecule has 3 fully saturated rings. The van der Waals surface area contributed by atoms with Crippen LogP contribution in [0.15, 0.2) is 40.2 Å². The molecular formula is C19H28IN3OS. The third-order valence-electron chi connectivity index (χ3n) is 5.59. The predicted octanol–water partition coefficient (Wildman–Crippen LogP) is 3.47. The molecule has 0 aliphatic carbocycles. The lowest BCUT2D eigenvalue weighted by Crippen LogP contribution is -2.43. The van der Waals surface area contributed by atoms with Gasteiger partial charge >= 0.3 is 0 Å². The molecule has 2 bridgehead atoms. The van der Waals surface area contributed by atoms with Crippen molar-refractivity contribution in [1.29, 1.82) is 0 Å². The maximum atomic E-state index is 6.08.